The second-order valence-electron chi connectivity index (χ2n) is 7.18. The molecule has 4 rings (SSSR count). The molecule has 1 aromatic heterocycles. The van der Waals surface area contributed by atoms with E-state index in [0.29, 0.717) is 27.2 Å². The predicted octanol–water partition coefficient (Wildman–Crippen LogP) is 6.50. The number of halogens is 2. The van der Waals surface area contributed by atoms with Gasteiger partial charge in [-0.1, -0.05) is 23.2 Å². The highest BCUT2D eigenvalue weighted by Gasteiger charge is 2.17. The van der Waals surface area contributed by atoms with E-state index in [4.69, 9.17) is 32.4 Å². The molecular formula is C23H22Cl2N2O3. The third-order valence-electron chi connectivity index (χ3n) is 5.17. The number of carbonyl (C=O) groups excluding carboxylic acids is 1. The smallest absolute Gasteiger partial charge is 0.291 e. The maximum atomic E-state index is 12.6. The largest absolute Gasteiger partial charge is 0.495 e. The molecule has 0 aliphatic carbocycles. The third-order valence-corrected chi connectivity index (χ3v) is 5.77. The van der Waals surface area contributed by atoms with Gasteiger partial charge >= 0.3 is 0 Å². The average Bonchev–Trinajstić information content (AvgIpc) is 3.25. The van der Waals surface area contributed by atoms with Gasteiger partial charge in [0, 0.05) is 24.3 Å². The topological polar surface area (TPSA) is 54.7 Å². The van der Waals surface area contributed by atoms with Crippen LogP contribution < -0.4 is 15.0 Å². The van der Waals surface area contributed by atoms with Gasteiger partial charge in [-0.2, -0.15) is 0 Å². The number of rotatable bonds is 5. The minimum Gasteiger partial charge on any atom is -0.495 e. The lowest BCUT2D eigenvalue weighted by Gasteiger charge is -2.29. The molecule has 0 bridgehead atoms. The van der Waals surface area contributed by atoms with E-state index in [-0.39, 0.29) is 11.7 Å². The van der Waals surface area contributed by atoms with E-state index < -0.39 is 0 Å². The van der Waals surface area contributed by atoms with Crippen LogP contribution in [0.25, 0.3) is 11.3 Å². The number of hydrogen-bond donors (Lipinski definition) is 1. The van der Waals surface area contributed by atoms with Crippen molar-refractivity contribution in [1.82, 2.24) is 0 Å². The minimum absolute atomic E-state index is 0.202. The Bertz CT molecular complexity index is 1060. The van der Waals surface area contributed by atoms with Gasteiger partial charge in [0.1, 0.15) is 11.5 Å². The molecule has 1 fully saturated rings. The fourth-order valence-corrected chi connectivity index (χ4v) is 4.16. The molecule has 2 heterocycles. The van der Waals surface area contributed by atoms with Gasteiger partial charge in [0.05, 0.1) is 22.8 Å². The molecule has 156 valence electrons. The number of carbonyl (C=O) groups is 1. The van der Waals surface area contributed by atoms with E-state index in [1.54, 1.807) is 37.4 Å². The van der Waals surface area contributed by atoms with Crippen molar-refractivity contribution in [3.8, 4) is 17.1 Å². The Labute approximate surface area is 185 Å². The normalized spacial score (nSPS) is 13.9. The second-order valence-corrected chi connectivity index (χ2v) is 8.00. The monoisotopic (exact) mass is 444 g/mol. The summed E-state index contributed by atoms with van der Waals surface area (Å²) in [6.45, 7) is 2.02. The summed E-state index contributed by atoms with van der Waals surface area (Å²) in [5, 5.41) is 3.94. The number of nitrogens with one attached hydrogen (secondary N) is 1. The van der Waals surface area contributed by atoms with E-state index in [9.17, 15) is 4.79 Å². The summed E-state index contributed by atoms with van der Waals surface area (Å²) < 4.78 is 10.9. The van der Waals surface area contributed by atoms with Crippen molar-refractivity contribution < 1.29 is 13.9 Å². The number of hydrogen-bond acceptors (Lipinski definition) is 4. The highest BCUT2D eigenvalue weighted by atomic mass is 35.5. The van der Waals surface area contributed by atoms with Crippen LogP contribution in [0.1, 0.15) is 29.8 Å². The van der Waals surface area contributed by atoms with Crippen LogP contribution in [0.4, 0.5) is 11.4 Å². The minimum atomic E-state index is -0.345. The zero-order chi connectivity index (χ0) is 21.1. The Morgan fingerprint density at radius 1 is 1.00 bits per heavy atom. The molecule has 0 saturated carbocycles. The van der Waals surface area contributed by atoms with Crippen LogP contribution in [0.2, 0.25) is 10.0 Å². The van der Waals surface area contributed by atoms with Crippen LogP contribution in [0.15, 0.2) is 52.9 Å². The summed E-state index contributed by atoms with van der Waals surface area (Å²) in [5.74, 6) is 0.980. The molecule has 0 spiro atoms. The number of benzene rings is 2. The highest BCUT2D eigenvalue weighted by Crippen LogP contribution is 2.33. The van der Waals surface area contributed by atoms with Crippen molar-refractivity contribution in [2.45, 2.75) is 19.3 Å². The predicted molar refractivity (Wildman–Crippen MR) is 121 cm³/mol. The standard InChI is InChI=1S/C23H22Cl2N2O3/c1-29-21-8-5-15(13-18(21)25)20-9-10-22(30-20)23(28)26-16-6-7-19(17(24)14-16)27-11-3-2-4-12-27/h5-10,13-14H,2-4,11-12H2,1H3,(H,26,28). The third kappa shape index (κ3) is 4.42. The number of methoxy groups -OCH3 is 1. The fourth-order valence-electron chi connectivity index (χ4n) is 3.60. The number of piperidine rings is 1. The first-order valence-electron chi connectivity index (χ1n) is 9.85. The molecule has 1 aliphatic heterocycles. The van der Waals surface area contributed by atoms with Crippen LogP contribution in [0.3, 0.4) is 0 Å². The first-order valence-corrected chi connectivity index (χ1v) is 10.6. The van der Waals surface area contributed by atoms with Gasteiger partial charge in [0.2, 0.25) is 0 Å². The van der Waals surface area contributed by atoms with Gasteiger partial charge < -0.3 is 19.4 Å². The summed E-state index contributed by atoms with van der Waals surface area (Å²) in [4.78, 5) is 14.9. The Kier molecular flexibility index (Phi) is 6.21. The van der Waals surface area contributed by atoms with Crippen LogP contribution in [0, 0.1) is 0 Å². The number of nitrogens with zero attached hydrogens (tertiary/aromatic N) is 1. The summed E-state index contributed by atoms with van der Waals surface area (Å²) in [6, 6.07) is 14.3. The van der Waals surface area contributed by atoms with Crippen molar-refractivity contribution in [3.63, 3.8) is 0 Å². The molecule has 2 aromatic carbocycles. The highest BCUT2D eigenvalue weighted by molar-refractivity contribution is 6.33. The molecule has 1 N–H and O–H groups in total. The molecule has 3 aromatic rings. The number of furan rings is 1. The Morgan fingerprint density at radius 2 is 1.80 bits per heavy atom. The molecule has 0 atom stereocenters. The number of anilines is 2. The van der Waals surface area contributed by atoms with Crippen LogP contribution >= 0.6 is 23.2 Å². The summed E-state index contributed by atoms with van der Waals surface area (Å²) in [5.41, 5.74) is 2.39. The van der Waals surface area contributed by atoms with E-state index in [2.05, 4.69) is 10.2 Å². The quantitative estimate of drug-likeness (QED) is 0.487. The van der Waals surface area contributed by atoms with Gasteiger partial charge in [0.15, 0.2) is 5.76 Å². The zero-order valence-electron chi connectivity index (χ0n) is 16.6. The van der Waals surface area contributed by atoms with Gasteiger partial charge in [-0.15, -0.1) is 0 Å². The van der Waals surface area contributed by atoms with Crippen molar-refractivity contribution in [3.05, 3.63) is 64.3 Å². The van der Waals surface area contributed by atoms with Crippen molar-refractivity contribution in [1.29, 1.82) is 0 Å². The van der Waals surface area contributed by atoms with Gasteiger partial charge in [-0.3, -0.25) is 4.79 Å². The van der Waals surface area contributed by atoms with E-state index >= 15 is 0 Å². The molecular weight excluding hydrogens is 423 g/mol. The lowest BCUT2D eigenvalue weighted by atomic mass is 10.1. The Morgan fingerprint density at radius 3 is 2.50 bits per heavy atom. The lowest BCUT2D eigenvalue weighted by Crippen LogP contribution is -2.29. The summed E-state index contributed by atoms with van der Waals surface area (Å²) in [7, 11) is 1.56. The maximum absolute atomic E-state index is 12.6. The van der Waals surface area contributed by atoms with Crippen LogP contribution in [-0.4, -0.2) is 26.1 Å². The molecule has 0 radical (unpaired) electrons. The first-order chi connectivity index (χ1) is 14.5. The molecule has 1 saturated heterocycles. The van der Waals surface area contributed by atoms with Crippen LogP contribution in [0.5, 0.6) is 5.75 Å². The second kappa shape index (κ2) is 9.02. The Hall–Kier alpha value is -2.63. The first kappa shape index (κ1) is 20.6. The van der Waals surface area contributed by atoms with E-state index in [0.717, 1.165) is 24.3 Å². The van der Waals surface area contributed by atoms with Gasteiger partial charge in [-0.05, 0) is 67.8 Å². The molecule has 30 heavy (non-hydrogen) atoms. The van der Waals surface area contributed by atoms with Gasteiger partial charge in [-0.25, -0.2) is 0 Å². The van der Waals surface area contributed by atoms with E-state index in [1.807, 2.05) is 18.2 Å². The molecule has 7 heteroatoms. The molecule has 1 amide bonds. The zero-order valence-corrected chi connectivity index (χ0v) is 18.1. The SMILES string of the molecule is COc1ccc(-c2ccc(C(=O)Nc3ccc(N4CCCCC4)c(Cl)c3)o2)cc1Cl. The van der Waals surface area contributed by atoms with Gasteiger partial charge in [0.25, 0.3) is 5.91 Å². The summed E-state index contributed by atoms with van der Waals surface area (Å²) >= 11 is 12.7. The average molecular weight is 445 g/mol. The lowest BCUT2D eigenvalue weighted by molar-refractivity contribution is 0.0997. The number of amides is 1. The molecule has 5 nitrogen and oxygen atoms in total. The summed E-state index contributed by atoms with van der Waals surface area (Å²) in [6.07, 6.45) is 3.61. The van der Waals surface area contributed by atoms with E-state index in [1.165, 1.54) is 19.3 Å². The fraction of sp³-hybridized carbons (Fsp3) is 0.261. The number of ether oxygens (including phenoxy) is 1. The maximum Gasteiger partial charge on any atom is 0.291 e. The molecule has 1 aliphatic rings. The van der Waals surface area contributed by atoms with Crippen molar-refractivity contribution in [2.24, 2.45) is 0 Å². The Balaban J connectivity index is 1.47. The van der Waals surface area contributed by atoms with Crippen LogP contribution in [-0.2, 0) is 0 Å². The molecule has 0 unspecified atom stereocenters. The van der Waals surface area contributed by atoms with Crippen molar-refractivity contribution >= 4 is 40.5 Å². The van der Waals surface area contributed by atoms with Crippen molar-refractivity contribution in [2.75, 3.05) is 30.4 Å².